The van der Waals surface area contributed by atoms with Crippen molar-refractivity contribution in [3.63, 3.8) is 0 Å². The molecule has 0 saturated heterocycles. The smallest absolute Gasteiger partial charge is 0.270 e. The lowest BCUT2D eigenvalue weighted by Gasteiger charge is -2.17. The molecule has 1 saturated carbocycles. The van der Waals surface area contributed by atoms with Crippen molar-refractivity contribution in [2.75, 3.05) is 18.6 Å². The topological polar surface area (TPSA) is 42.4 Å². The molecule has 1 fully saturated rings. The summed E-state index contributed by atoms with van der Waals surface area (Å²) in [6.45, 7) is 0.236. The van der Waals surface area contributed by atoms with Crippen LogP contribution in [0.4, 0.5) is 5.69 Å². The van der Waals surface area contributed by atoms with Crippen LogP contribution in [0.2, 0.25) is 0 Å². The molecule has 0 aliphatic heterocycles. The molecule has 1 amide bonds. The van der Waals surface area contributed by atoms with E-state index in [1.54, 1.807) is 17.5 Å². The fraction of sp³-hybridized carbons (Fsp3) is 0.294. The van der Waals surface area contributed by atoms with E-state index in [4.69, 9.17) is 11.2 Å². The Morgan fingerprint density at radius 2 is 2.18 bits per heavy atom. The van der Waals surface area contributed by atoms with Gasteiger partial charge in [0, 0.05) is 18.7 Å². The lowest BCUT2D eigenvalue weighted by Crippen LogP contribution is -2.26. The Balaban J connectivity index is 1.75. The highest BCUT2D eigenvalue weighted by Gasteiger charge is 2.31. The molecule has 0 atom stereocenters. The van der Waals surface area contributed by atoms with Crippen molar-refractivity contribution in [3.05, 3.63) is 40.3 Å². The quantitative estimate of drug-likeness (QED) is 0.796. The molecule has 1 aliphatic rings. The number of terminal acetylenes is 1. The van der Waals surface area contributed by atoms with Crippen molar-refractivity contribution in [2.24, 2.45) is 0 Å². The average Bonchev–Trinajstić information content (AvgIpc) is 3.29. The number of ether oxygens (including phenoxy) is 1. The van der Waals surface area contributed by atoms with Gasteiger partial charge in [0.15, 0.2) is 0 Å². The van der Waals surface area contributed by atoms with Crippen LogP contribution in [0.3, 0.4) is 0 Å². The summed E-state index contributed by atoms with van der Waals surface area (Å²) in [6, 6.07) is 7.32. The molecular formula is C17H16N2O2S. The molecule has 1 aliphatic carbocycles. The summed E-state index contributed by atoms with van der Waals surface area (Å²) >= 11 is 1.41. The maximum atomic E-state index is 12.7. The van der Waals surface area contributed by atoms with E-state index in [1.165, 1.54) is 11.3 Å². The average molecular weight is 312 g/mol. The van der Waals surface area contributed by atoms with Crippen LogP contribution in [0.15, 0.2) is 29.8 Å². The second-order valence-corrected chi connectivity index (χ2v) is 6.05. The zero-order valence-electron chi connectivity index (χ0n) is 12.3. The minimum Gasteiger partial charge on any atom is -0.481 e. The second kappa shape index (κ2) is 6.20. The molecular weight excluding hydrogens is 296 g/mol. The number of rotatable bonds is 5. The molecule has 1 aromatic carbocycles. The van der Waals surface area contributed by atoms with Gasteiger partial charge in [-0.15, -0.1) is 17.8 Å². The summed E-state index contributed by atoms with van der Waals surface area (Å²) in [5, 5.41) is 0. The zero-order chi connectivity index (χ0) is 15.5. The predicted molar refractivity (Wildman–Crippen MR) is 87.6 cm³/mol. The van der Waals surface area contributed by atoms with Gasteiger partial charge >= 0.3 is 0 Å². The maximum absolute atomic E-state index is 12.7. The molecule has 3 rings (SSSR count). The number of benzene rings is 1. The largest absolute Gasteiger partial charge is 0.481 e. The lowest BCUT2D eigenvalue weighted by molar-refractivity contribution is 0.0995. The molecule has 0 radical (unpaired) electrons. The number of aromatic nitrogens is 1. The number of nitrogens with zero attached hydrogens (tertiary/aromatic N) is 2. The van der Waals surface area contributed by atoms with Crippen LogP contribution in [0, 0.1) is 12.3 Å². The van der Waals surface area contributed by atoms with Gasteiger partial charge in [-0.1, -0.05) is 5.92 Å². The fourth-order valence-electron chi connectivity index (χ4n) is 2.22. The Bertz CT molecular complexity index is 711. The molecule has 112 valence electrons. The van der Waals surface area contributed by atoms with E-state index in [-0.39, 0.29) is 12.5 Å². The van der Waals surface area contributed by atoms with Crippen molar-refractivity contribution in [1.29, 1.82) is 0 Å². The van der Waals surface area contributed by atoms with E-state index >= 15 is 0 Å². The normalized spacial score (nSPS) is 13.5. The molecule has 0 N–H and O–H groups in total. The van der Waals surface area contributed by atoms with Crippen LogP contribution < -0.4 is 9.64 Å². The third-order valence-electron chi connectivity index (χ3n) is 3.60. The summed E-state index contributed by atoms with van der Waals surface area (Å²) < 4.78 is 5.33. The van der Waals surface area contributed by atoms with Gasteiger partial charge in [0.2, 0.25) is 0 Å². The number of amides is 1. The standard InChI is InChI=1S/C17H16N2O2S/c1-3-10-21-14-8-6-13(7-9-14)19(2)17(20)16-15(12-4-5-12)18-11-22-16/h1,6-9,11-12H,4-5,10H2,2H3. The Morgan fingerprint density at radius 3 is 2.82 bits per heavy atom. The first-order valence-electron chi connectivity index (χ1n) is 7.08. The van der Waals surface area contributed by atoms with Crippen LogP contribution in [0.1, 0.15) is 34.1 Å². The number of thiazole rings is 1. The van der Waals surface area contributed by atoms with Gasteiger partial charge in [0.25, 0.3) is 5.91 Å². The maximum Gasteiger partial charge on any atom is 0.270 e. The second-order valence-electron chi connectivity index (χ2n) is 5.19. The van der Waals surface area contributed by atoms with Crippen LogP contribution in [0.5, 0.6) is 5.75 Å². The molecule has 1 aromatic heterocycles. The summed E-state index contributed by atoms with van der Waals surface area (Å²) in [6.07, 6.45) is 7.43. The lowest BCUT2D eigenvalue weighted by atomic mass is 10.2. The molecule has 22 heavy (non-hydrogen) atoms. The van der Waals surface area contributed by atoms with Gasteiger partial charge in [-0.3, -0.25) is 4.79 Å². The van der Waals surface area contributed by atoms with E-state index in [2.05, 4.69) is 10.9 Å². The minimum atomic E-state index is -0.0123. The summed E-state index contributed by atoms with van der Waals surface area (Å²) in [7, 11) is 1.77. The number of carbonyl (C=O) groups is 1. The van der Waals surface area contributed by atoms with Crippen LogP contribution in [-0.4, -0.2) is 24.5 Å². The highest BCUT2D eigenvalue weighted by atomic mass is 32.1. The van der Waals surface area contributed by atoms with E-state index in [9.17, 15) is 4.79 Å². The SMILES string of the molecule is C#CCOc1ccc(N(C)C(=O)c2scnc2C2CC2)cc1. The summed E-state index contributed by atoms with van der Waals surface area (Å²) in [4.78, 5) is 19.4. The monoisotopic (exact) mass is 312 g/mol. The Hall–Kier alpha value is -2.32. The highest BCUT2D eigenvalue weighted by molar-refractivity contribution is 7.12. The number of carbonyl (C=O) groups excluding carboxylic acids is 1. The molecule has 4 nitrogen and oxygen atoms in total. The van der Waals surface area contributed by atoms with E-state index in [0.717, 1.165) is 29.1 Å². The van der Waals surface area contributed by atoms with Gasteiger partial charge in [0.1, 0.15) is 17.2 Å². The highest BCUT2D eigenvalue weighted by Crippen LogP contribution is 2.42. The van der Waals surface area contributed by atoms with Crippen molar-refractivity contribution in [1.82, 2.24) is 4.98 Å². The van der Waals surface area contributed by atoms with Gasteiger partial charge in [-0.05, 0) is 37.1 Å². The molecule has 1 heterocycles. The predicted octanol–water partition coefficient (Wildman–Crippen LogP) is 3.31. The molecule has 2 aromatic rings. The number of anilines is 1. The van der Waals surface area contributed by atoms with Crippen LogP contribution in [0.25, 0.3) is 0 Å². The van der Waals surface area contributed by atoms with E-state index < -0.39 is 0 Å². The molecule has 0 unspecified atom stereocenters. The van der Waals surface area contributed by atoms with Gasteiger partial charge in [-0.2, -0.15) is 0 Å². The number of hydrogen-bond donors (Lipinski definition) is 0. The van der Waals surface area contributed by atoms with Crippen molar-refractivity contribution < 1.29 is 9.53 Å². The molecule has 0 bridgehead atoms. The summed E-state index contributed by atoms with van der Waals surface area (Å²) in [5.41, 5.74) is 3.52. The third-order valence-corrected chi connectivity index (χ3v) is 4.43. The fourth-order valence-corrected chi connectivity index (χ4v) is 3.07. The van der Waals surface area contributed by atoms with Crippen LogP contribution >= 0.6 is 11.3 Å². The Morgan fingerprint density at radius 1 is 1.45 bits per heavy atom. The van der Waals surface area contributed by atoms with Crippen molar-refractivity contribution in [2.45, 2.75) is 18.8 Å². The Kier molecular flexibility index (Phi) is 4.12. The summed E-state index contributed by atoms with van der Waals surface area (Å²) in [5.74, 6) is 3.57. The first kappa shape index (κ1) is 14.6. The Labute approximate surface area is 133 Å². The molecule has 5 heteroatoms. The van der Waals surface area contributed by atoms with E-state index in [0.29, 0.717) is 11.7 Å². The van der Waals surface area contributed by atoms with Crippen LogP contribution in [-0.2, 0) is 0 Å². The first-order chi connectivity index (χ1) is 10.7. The van der Waals surface area contributed by atoms with Crippen molar-refractivity contribution in [3.8, 4) is 18.1 Å². The van der Waals surface area contributed by atoms with Crippen molar-refractivity contribution >= 4 is 22.9 Å². The van der Waals surface area contributed by atoms with E-state index in [1.807, 2.05) is 24.3 Å². The first-order valence-corrected chi connectivity index (χ1v) is 7.96. The molecule has 0 spiro atoms. The number of hydrogen-bond acceptors (Lipinski definition) is 4. The zero-order valence-corrected chi connectivity index (χ0v) is 13.1. The third kappa shape index (κ3) is 2.97. The van der Waals surface area contributed by atoms with Gasteiger partial charge in [0.05, 0.1) is 11.2 Å². The minimum absolute atomic E-state index is 0.0123. The van der Waals surface area contributed by atoms with Gasteiger partial charge in [-0.25, -0.2) is 4.98 Å². The van der Waals surface area contributed by atoms with Gasteiger partial charge < -0.3 is 9.64 Å².